The van der Waals surface area contributed by atoms with Crippen molar-refractivity contribution >= 4 is 17.9 Å². The van der Waals surface area contributed by atoms with E-state index in [0.717, 1.165) is 10.5 Å². The number of hydrogen-bond acceptors (Lipinski definition) is 6. The van der Waals surface area contributed by atoms with Gasteiger partial charge >= 0.3 is 6.09 Å². The SMILES string of the molecule is CC(O)OCCC(CSc1cccnc1)NC(=O)OCc1ccccc1. The number of nitrogens with one attached hydrogen (secondary N) is 1. The Balaban J connectivity index is 1.81. The number of carbonyl (C=O) groups is 1. The average molecular weight is 376 g/mol. The molecule has 1 aromatic carbocycles. The van der Waals surface area contributed by atoms with E-state index in [1.165, 1.54) is 0 Å². The first-order valence-corrected chi connectivity index (χ1v) is 9.42. The molecule has 1 heterocycles. The van der Waals surface area contributed by atoms with Crippen molar-refractivity contribution in [3.63, 3.8) is 0 Å². The van der Waals surface area contributed by atoms with Gasteiger partial charge in [0.15, 0.2) is 6.29 Å². The third kappa shape index (κ3) is 8.33. The zero-order valence-corrected chi connectivity index (χ0v) is 15.5. The summed E-state index contributed by atoms with van der Waals surface area (Å²) in [7, 11) is 0. The van der Waals surface area contributed by atoms with Crippen molar-refractivity contribution in [3.05, 3.63) is 60.4 Å². The molecule has 2 unspecified atom stereocenters. The largest absolute Gasteiger partial charge is 0.445 e. The van der Waals surface area contributed by atoms with Gasteiger partial charge in [0.05, 0.1) is 6.61 Å². The second-order valence-electron chi connectivity index (χ2n) is 5.66. The van der Waals surface area contributed by atoms with Crippen LogP contribution in [0.25, 0.3) is 0 Å². The molecule has 2 N–H and O–H groups in total. The van der Waals surface area contributed by atoms with Crippen LogP contribution in [-0.2, 0) is 16.1 Å². The van der Waals surface area contributed by atoms with E-state index in [-0.39, 0.29) is 12.6 Å². The lowest BCUT2D eigenvalue weighted by molar-refractivity contribution is -0.0866. The van der Waals surface area contributed by atoms with Crippen molar-refractivity contribution in [1.82, 2.24) is 10.3 Å². The van der Waals surface area contributed by atoms with Gasteiger partial charge in [-0.05, 0) is 31.0 Å². The lowest BCUT2D eigenvalue weighted by atomic mass is 10.2. The van der Waals surface area contributed by atoms with Crippen LogP contribution in [0.3, 0.4) is 0 Å². The number of rotatable bonds is 10. The van der Waals surface area contributed by atoms with Gasteiger partial charge in [-0.3, -0.25) is 4.98 Å². The summed E-state index contributed by atoms with van der Waals surface area (Å²) in [6.07, 6.45) is 2.77. The molecule has 2 rings (SSSR count). The van der Waals surface area contributed by atoms with Crippen molar-refractivity contribution in [3.8, 4) is 0 Å². The van der Waals surface area contributed by atoms with Crippen molar-refractivity contribution in [2.45, 2.75) is 37.2 Å². The molecule has 0 saturated heterocycles. The van der Waals surface area contributed by atoms with Crippen molar-refractivity contribution in [1.29, 1.82) is 0 Å². The second kappa shape index (κ2) is 11.5. The normalized spacial score (nSPS) is 13.0. The maximum atomic E-state index is 12.1. The predicted molar refractivity (Wildman–Crippen MR) is 101 cm³/mol. The number of aliphatic hydroxyl groups is 1. The van der Waals surface area contributed by atoms with Gasteiger partial charge in [0, 0.05) is 29.1 Å². The molecule has 1 aromatic heterocycles. The Morgan fingerprint density at radius 2 is 2.08 bits per heavy atom. The number of aromatic nitrogens is 1. The number of benzene rings is 1. The Hall–Kier alpha value is -2.09. The minimum atomic E-state index is -0.827. The summed E-state index contributed by atoms with van der Waals surface area (Å²) < 4.78 is 10.5. The molecule has 6 nitrogen and oxygen atoms in total. The van der Waals surface area contributed by atoms with Crippen LogP contribution in [0.1, 0.15) is 18.9 Å². The molecule has 2 aromatic rings. The molecule has 0 aliphatic carbocycles. The predicted octanol–water partition coefficient (Wildman–Crippen LogP) is 3.21. The van der Waals surface area contributed by atoms with Crippen LogP contribution < -0.4 is 5.32 Å². The first kappa shape index (κ1) is 20.2. The first-order valence-electron chi connectivity index (χ1n) is 8.43. The van der Waals surface area contributed by atoms with Gasteiger partial charge in [0.25, 0.3) is 0 Å². The van der Waals surface area contributed by atoms with Gasteiger partial charge < -0.3 is 19.9 Å². The summed E-state index contributed by atoms with van der Waals surface area (Å²) in [5.41, 5.74) is 0.932. The van der Waals surface area contributed by atoms with Gasteiger partial charge in [0.2, 0.25) is 0 Å². The fraction of sp³-hybridized carbons (Fsp3) is 0.368. The molecule has 0 aliphatic heterocycles. The molecule has 0 radical (unpaired) electrons. The molecule has 140 valence electrons. The minimum Gasteiger partial charge on any atom is -0.445 e. The number of thioether (sulfide) groups is 1. The molecule has 7 heteroatoms. The summed E-state index contributed by atoms with van der Waals surface area (Å²) in [5, 5.41) is 12.1. The summed E-state index contributed by atoms with van der Waals surface area (Å²) >= 11 is 1.59. The summed E-state index contributed by atoms with van der Waals surface area (Å²) in [6, 6.07) is 13.2. The summed E-state index contributed by atoms with van der Waals surface area (Å²) in [5.74, 6) is 0.648. The first-order chi connectivity index (χ1) is 12.6. The molecular formula is C19H24N2O4S. The lowest BCUT2D eigenvalue weighted by Crippen LogP contribution is -2.38. The highest BCUT2D eigenvalue weighted by Gasteiger charge is 2.14. The van der Waals surface area contributed by atoms with Gasteiger partial charge in [-0.1, -0.05) is 30.3 Å². The van der Waals surface area contributed by atoms with E-state index in [0.29, 0.717) is 18.8 Å². The maximum Gasteiger partial charge on any atom is 0.407 e. The monoisotopic (exact) mass is 376 g/mol. The highest BCUT2D eigenvalue weighted by Crippen LogP contribution is 2.18. The molecule has 1 amide bonds. The molecule has 26 heavy (non-hydrogen) atoms. The van der Waals surface area contributed by atoms with Crippen LogP contribution >= 0.6 is 11.8 Å². The topological polar surface area (TPSA) is 80.7 Å². The van der Waals surface area contributed by atoms with Crippen LogP contribution in [0, 0.1) is 0 Å². The zero-order chi connectivity index (χ0) is 18.6. The van der Waals surface area contributed by atoms with Crippen molar-refractivity contribution in [2.75, 3.05) is 12.4 Å². The van der Waals surface area contributed by atoms with E-state index in [1.807, 2.05) is 42.5 Å². The Kier molecular flexibility index (Phi) is 8.95. The van der Waals surface area contributed by atoms with E-state index >= 15 is 0 Å². The highest BCUT2D eigenvalue weighted by molar-refractivity contribution is 7.99. The van der Waals surface area contributed by atoms with Gasteiger partial charge in [0.1, 0.15) is 6.61 Å². The number of aliphatic hydroxyl groups excluding tert-OH is 1. The lowest BCUT2D eigenvalue weighted by Gasteiger charge is -2.19. The number of ether oxygens (including phenoxy) is 2. The minimum absolute atomic E-state index is 0.151. The van der Waals surface area contributed by atoms with Crippen LogP contribution in [0.2, 0.25) is 0 Å². The molecular weight excluding hydrogens is 352 g/mol. The van der Waals surface area contributed by atoms with Crippen LogP contribution in [0.5, 0.6) is 0 Å². The number of hydrogen-bond donors (Lipinski definition) is 2. The summed E-state index contributed by atoms with van der Waals surface area (Å²) in [4.78, 5) is 17.2. The van der Waals surface area contributed by atoms with Gasteiger partial charge in [-0.2, -0.15) is 0 Å². The van der Waals surface area contributed by atoms with Crippen molar-refractivity contribution < 1.29 is 19.4 Å². The third-order valence-electron chi connectivity index (χ3n) is 3.45. The number of carbonyl (C=O) groups excluding carboxylic acids is 1. The Morgan fingerprint density at radius 1 is 1.27 bits per heavy atom. The smallest absolute Gasteiger partial charge is 0.407 e. The fourth-order valence-electron chi connectivity index (χ4n) is 2.14. The van der Waals surface area contributed by atoms with E-state index in [2.05, 4.69) is 10.3 Å². The third-order valence-corrected chi connectivity index (χ3v) is 4.59. The molecule has 0 saturated carbocycles. The van der Waals surface area contributed by atoms with Crippen LogP contribution in [0.15, 0.2) is 59.8 Å². The summed E-state index contributed by atoms with van der Waals surface area (Å²) in [6.45, 7) is 2.12. The Bertz CT molecular complexity index is 641. The Labute approximate surface area is 157 Å². The number of amides is 1. The van der Waals surface area contributed by atoms with E-state index < -0.39 is 12.4 Å². The fourth-order valence-corrected chi connectivity index (χ4v) is 3.09. The second-order valence-corrected chi connectivity index (χ2v) is 6.75. The average Bonchev–Trinajstić information content (AvgIpc) is 2.66. The van der Waals surface area contributed by atoms with Gasteiger partial charge in [-0.15, -0.1) is 11.8 Å². The number of alkyl carbamates (subject to hydrolysis) is 1. The quantitative estimate of drug-likeness (QED) is 0.490. The molecule has 0 aliphatic rings. The van der Waals surface area contributed by atoms with E-state index in [9.17, 15) is 9.90 Å². The molecule has 2 atom stereocenters. The van der Waals surface area contributed by atoms with Crippen LogP contribution in [0.4, 0.5) is 4.79 Å². The molecule has 0 spiro atoms. The van der Waals surface area contributed by atoms with E-state index in [4.69, 9.17) is 9.47 Å². The van der Waals surface area contributed by atoms with Crippen LogP contribution in [-0.4, -0.2) is 40.9 Å². The standard InChI is InChI=1S/C19H24N2O4S/c1-15(22)24-11-9-17(14-26-18-8-5-10-20-12-18)21-19(23)25-13-16-6-3-2-4-7-16/h2-8,10,12,15,17,22H,9,11,13-14H2,1H3,(H,21,23). The number of nitrogens with zero attached hydrogens (tertiary/aromatic N) is 1. The maximum absolute atomic E-state index is 12.1. The zero-order valence-electron chi connectivity index (χ0n) is 14.7. The molecule has 0 bridgehead atoms. The van der Waals surface area contributed by atoms with E-state index in [1.54, 1.807) is 31.1 Å². The van der Waals surface area contributed by atoms with Gasteiger partial charge in [-0.25, -0.2) is 4.79 Å². The Morgan fingerprint density at radius 3 is 2.77 bits per heavy atom. The molecule has 0 fully saturated rings. The number of pyridine rings is 1. The highest BCUT2D eigenvalue weighted by atomic mass is 32.2. The van der Waals surface area contributed by atoms with Crippen molar-refractivity contribution in [2.24, 2.45) is 0 Å².